The van der Waals surface area contributed by atoms with Crippen molar-refractivity contribution in [1.29, 1.82) is 0 Å². The maximum atomic E-state index is 11.7. The lowest BCUT2D eigenvalue weighted by Gasteiger charge is -2.07. The molecule has 1 aliphatic rings. The van der Waals surface area contributed by atoms with Gasteiger partial charge in [0.2, 0.25) is 0 Å². The molecular formula is C8H8ClO4P. The maximum absolute atomic E-state index is 11.7. The molecule has 1 aromatic carbocycles. The second-order valence-electron chi connectivity index (χ2n) is 2.60. The summed E-state index contributed by atoms with van der Waals surface area (Å²) in [6.07, 6.45) is 0. The number of hydrogen-bond acceptors (Lipinski definition) is 4. The minimum atomic E-state index is -3.45. The molecule has 76 valence electrons. The van der Waals surface area contributed by atoms with Gasteiger partial charge in [-0.1, -0.05) is 12.1 Å². The standard InChI is InChI=1S/C8H8ClO4P/c9-5-6-11-14(10)12-7-3-1-2-4-8(7)13-14/h1-4H,5-6H2. The largest absolute Gasteiger partial charge is 0.587 e. The summed E-state index contributed by atoms with van der Waals surface area (Å²) in [4.78, 5) is 0. The lowest BCUT2D eigenvalue weighted by Crippen LogP contribution is -2.00. The van der Waals surface area contributed by atoms with Crippen LogP contribution in [0.2, 0.25) is 0 Å². The normalized spacial score (nSPS) is 16.9. The topological polar surface area (TPSA) is 44.8 Å². The lowest BCUT2D eigenvalue weighted by molar-refractivity contribution is 0.241. The first kappa shape index (κ1) is 9.84. The number of alkyl halides is 1. The van der Waals surface area contributed by atoms with Crippen LogP contribution in [0.5, 0.6) is 11.5 Å². The highest BCUT2D eigenvalue weighted by Gasteiger charge is 2.38. The van der Waals surface area contributed by atoms with Gasteiger partial charge in [0.15, 0.2) is 11.5 Å². The molecule has 1 heterocycles. The summed E-state index contributed by atoms with van der Waals surface area (Å²) in [5.74, 6) is 1.11. The molecule has 0 fully saturated rings. The highest BCUT2D eigenvalue weighted by atomic mass is 35.5. The van der Waals surface area contributed by atoms with Gasteiger partial charge in [0.05, 0.1) is 6.61 Å². The van der Waals surface area contributed by atoms with Gasteiger partial charge in [0.1, 0.15) is 0 Å². The molecule has 0 radical (unpaired) electrons. The van der Waals surface area contributed by atoms with E-state index in [9.17, 15) is 4.57 Å². The van der Waals surface area contributed by atoms with Gasteiger partial charge in [0.25, 0.3) is 0 Å². The smallest absolute Gasteiger partial charge is 0.391 e. The monoisotopic (exact) mass is 234 g/mol. The van der Waals surface area contributed by atoms with Crippen molar-refractivity contribution in [2.45, 2.75) is 0 Å². The summed E-state index contributed by atoms with van der Waals surface area (Å²) >= 11 is 5.40. The third-order valence-corrected chi connectivity index (χ3v) is 3.09. The van der Waals surface area contributed by atoms with Gasteiger partial charge in [-0.3, -0.25) is 4.52 Å². The van der Waals surface area contributed by atoms with Crippen LogP contribution in [0.15, 0.2) is 24.3 Å². The summed E-state index contributed by atoms with van der Waals surface area (Å²) in [7, 11) is -3.45. The molecule has 14 heavy (non-hydrogen) atoms. The number of rotatable bonds is 3. The Bertz CT molecular complexity index is 352. The van der Waals surface area contributed by atoms with Crippen LogP contribution in [0.3, 0.4) is 0 Å². The zero-order valence-corrected chi connectivity index (χ0v) is 8.83. The van der Waals surface area contributed by atoms with Gasteiger partial charge in [-0.2, -0.15) is 0 Å². The molecule has 1 aliphatic heterocycles. The van der Waals surface area contributed by atoms with E-state index in [0.29, 0.717) is 11.5 Å². The minimum Gasteiger partial charge on any atom is -0.391 e. The molecule has 0 unspecified atom stereocenters. The van der Waals surface area contributed by atoms with Gasteiger partial charge >= 0.3 is 7.82 Å². The summed E-state index contributed by atoms with van der Waals surface area (Å²) in [6.45, 7) is 0.132. The molecule has 0 amide bonds. The molecule has 4 nitrogen and oxygen atoms in total. The van der Waals surface area contributed by atoms with E-state index in [1.54, 1.807) is 24.3 Å². The van der Waals surface area contributed by atoms with E-state index in [1.165, 1.54) is 0 Å². The first-order valence-corrected chi connectivity index (χ1v) is 6.02. The van der Waals surface area contributed by atoms with Crippen LogP contribution in [0, 0.1) is 0 Å². The van der Waals surface area contributed by atoms with Crippen LogP contribution in [0.4, 0.5) is 0 Å². The van der Waals surface area contributed by atoms with Crippen LogP contribution in [-0.4, -0.2) is 12.5 Å². The Morgan fingerprint density at radius 3 is 2.36 bits per heavy atom. The van der Waals surface area contributed by atoms with E-state index in [2.05, 4.69) is 0 Å². The Kier molecular flexibility index (Phi) is 2.68. The Balaban J connectivity index is 2.14. The van der Waals surface area contributed by atoms with Crippen LogP contribution in [-0.2, 0) is 9.09 Å². The molecule has 6 heteroatoms. The van der Waals surface area contributed by atoms with Gasteiger partial charge in [-0.25, -0.2) is 4.57 Å². The van der Waals surface area contributed by atoms with Gasteiger partial charge in [-0.15, -0.1) is 11.6 Å². The van der Waals surface area contributed by atoms with Crippen molar-refractivity contribution in [1.82, 2.24) is 0 Å². The first-order chi connectivity index (χ1) is 6.73. The Morgan fingerprint density at radius 2 is 1.86 bits per heavy atom. The molecule has 0 aliphatic carbocycles. The van der Waals surface area contributed by atoms with Crippen LogP contribution < -0.4 is 9.05 Å². The van der Waals surface area contributed by atoms with Crippen LogP contribution in [0.25, 0.3) is 0 Å². The fourth-order valence-electron chi connectivity index (χ4n) is 1.06. The average Bonchev–Trinajstić information content (AvgIpc) is 2.51. The molecule has 0 atom stereocenters. The van der Waals surface area contributed by atoms with E-state index in [1.807, 2.05) is 0 Å². The molecule has 1 aromatic rings. The molecule has 2 rings (SSSR count). The highest BCUT2D eigenvalue weighted by Crippen LogP contribution is 2.58. The van der Waals surface area contributed by atoms with E-state index in [-0.39, 0.29) is 12.5 Å². The number of phosphoric ester groups is 1. The second-order valence-corrected chi connectivity index (χ2v) is 4.49. The number of benzene rings is 1. The minimum absolute atomic E-state index is 0.132. The van der Waals surface area contributed by atoms with Crippen LogP contribution >= 0.6 is 19.4 Å². The molecule has 0 saturated heterocycles. The van der Waals surface area contributed by atoms with Gasteiger partial charge < -0.3 is 9.05 Å². The second kappa shape index (κ2) is 3.81. The molecule has 0 saturated carbocycles. The number of phosphoric acid groups is 1. The van der Waals surface area contributed by atoms with E-state index in [0.717, 1.165) is 0 Å². The predicted octanol–water partition coefficient (Wildman–Crippen LogP) is 2.82. The molecule has 0 bridgehead atoms. The SMILES string of the molecule is O=P1(OCCCl)Oc2ccccc2O1. The first-order valence-electron chi connectivity index (χ1n) is 4.02. The number of para-hydroxylation sites is 2. The van der Waals surface area contributed by atoms with Crippen molar-refractivity contribution in [2.75, 3.05) is 12.5 Å². The van der Waals surface area contributed by atoms with Gasteiger partial charge in [-0.05, 0) is 12.1 Å². The van der Waals surface area contributed by atoms with Crippen molar-refractivity contribution in [2.24, 2.45) is 0 Å². The van der Waals surface area contributed by atoms with E-state index >= 15 is 0 Å². The summed E-state index contributed by atoms with van der Waals surface area (Å²) < 4.78 is 26.7. The number of hydrogen-bond donors (Lipinski definition) is 0. The summed E-state index contributed by atoms with van der Waals surface area (Å²) in [6, 6.07) is 6.86. The zero-order valence-electron chi connectivity index (χ0n) is 7.18. The Hall–Kier alpha value is -0.700. The Labute approximate surface area is 86.3 Å². The number of halogens is 1. The molecule has 0 aromatic heterocycles. The van der Waals surface area contributed by atoms with Crippen molar-refractivity contribution >= 4 is 19.4 Å². The van der Waals surface area contributed by atoms with Gasteiger partial charge in [0, 0.05) is 5.88 Å². The summed E-state index contributed by atoms with van der Waals surface area (Å²) in [5, 5.41) is 0. The van der Waals surface area contributed by atoms with E-state index in [4.69, 9.17) is 25.2 Å². The predicted molar refractivity (Wildman–Crippen MR) is 52.0 cm³/mol. The molecule has 0 spiro atoms. The van der Waals surface area contributed by atoms with Crippen molar-refractivity contribution < 1.29 is 18.1 Å². The third-order valence-electron chi connectivity index (χ3n) is 1.60. The lowest BCUT2D eigenvalue weighted by atomic mass is 10.3. The summed E-state index contributed by atoms with van der Waals surface area (Å²) in [5.41, 5.74) is 0. The number of fused-ring (bicyclic) bond motifs is 1. The van der Waals surface area contributed by atoms with Crippen molar-refractivity contribution in [3.8, 4) is 11.5 Å². The van der Waals surface area contributed by atoms with Crippen LogP contribution in [0.1, 0.15) is 0 Å². The molecular weight excluding hydrogens is 227 g/mol. The highest BCUT2D eigenvalue weighted by molar-refractivity contribution is 7.49. The van der Waals surface area contributed by atoms with E-state index < -0.39 is 7.82 Å². The average molecular weight is 235 g/mol. The Morgan fingerprint density at radius 1 is 1.29 bits per heavy atom. The van der Waals surface area contributed by atoms with Crippen molar-refractivity contribution in [3.05, 3.63) is 24.3 Å². The fourth-order valence-corrected chi connectivity index (χ4v) is 2.49. The quantitative estimate of drug-likeness (QED) is 0.596. The maximum Gasteiger partial charge on any atom is 0.587 e. The third kappa shape index (κ3) is 1.87. The van der Waals surface area contributed by atoms with Crippen molar-refractivity contribution in [3.63, 3.8) is 0 Å². The fraction of sp³-hybridized carbons (Fsp3) is 0.250. The zero-order chi connectivity index (χ0) is 10.0. The molecule has 0 N–H and O–H groups in total.